The molecule has 1 aromatic heterocycles. The van der Waals surface area contributed by atoms with Crippen LogP contribution in [0.3, 0.4) is 0 Å². The molecule has 0 radical (unpaired) electrons. The van der Waals surface area contributed by atoms with E-state index in [9.17, 15) is 9.59 Å². The molecule has 0 atom stereocenters. The third kappa shape index (κ3) is 4.41. The smallest absolute Gasteiger partial charge is 0.251 e. The lowest BCUT2D eigenvalue weighted by atomic mass is 10.1. The van der Waals surface area contributed by atoms with Gasteiger partial charge < -0.3 is 19.8 Å². The monoisotopic (exact) mass is 386 g/mol. The molecular weight excluding hydrogens is 368 g/mol. The molecule has 7 heteroatoms. The van der Waals surface area contributed by atoms with E-state index in [-0.39, 0.29) is 17.9 Å². The highest BCUT2D eigenvalue weighted by molar-refractivity contribution is 6.30. The molecule has 2 aromatic carbocycles. The van der Waals surface area contributed by atoms with Crippen LogP contribution >= 0.6 is 11.6 Å². The van der Waals surface area contributed by atoms with Crippen molar-refractivity contribution in [1.29, 1.82) is 0 Å². The molecule has 27 heavy (non-hydrogen) atoms. The number of nitrogens with one attached hydrogen (secondary N) is 2. The van der Waals surface area contributed by atoms with Gasteiger partial charge in [0.1, 0.15) is 0 Å². The van der Waals surface area contributed by atoms with Crippen LogP contribution in [0.25, 0.3) is 10.9 Å². The first kappa shape index (κ1) is 18.8. The van der Waals surface area contributed by atoms with Crippen molar-refractivity contribution in [3.8, 4) is 11.5 Å². The average Bonchev–Trinajstić information content (AvgIpc) is 2.67. The van der Waals surface area contributed by atoms with E-state index in [1.807, 2.05) is 0 Å². The molecule has 0 spiro atoms. The van der Waals surface area contributed by atoms with Gasteiger partial charge in [-0.05, 0) is 42.8 Å². The van der Waals surface area contributed by atoms with Gasteiger partial charge in [0.2, 0.25) is 5.91 Å². The maximum absolute atomic E-state index is 12.3. The van der Waals surface area contributed by atoms with Crippen LogP contribution in [0.5, 0.6) is 11.5 Å². The lowest BCUT2D eigenvalue weighted by Gasteiger charge is -2.10. The molecule has 0 bridgehead atoms. The Kier molecular flexibility index (Phi) is 5.66. The maximum Gasteiger partial charge on any atom is 0.251 e. The molecule has 0 aliphatic carbocycles. The average molecular weight is 387 g/mol. The summed E-state index contributed by atoms with van der Waals surface area (Å²) >= 11 is 5.83. The summed E-state index contributed by atoms with van der Waals surface area (Å²) in [5, 5.41) is 4.19. The molecular formula is C20H19ClN2O4. The van der Waals surface area contributed by atoms with Crippen molar-refractivity contribution in [2.24, 2.45) is 0 Å². The number of benzene rings is 2. The largest absolute Gasteiger partial charge is 0.493 e. The quantitative estimate of drug-likeness (QED) is 0.675. The second kappa shape index (κ2) is 8.14. The molecule has 0 saturated heterocycles. The van der Waals surface area contributed by atoms with Gasteiger partial charge in [-0.15, -0.1) is 0 Å². The zero-order chi connectivity index (χ0) is 19.4. The zero-order valence-corrected chi connectivity index (χ0v) is 15.7. The van der Waals surface area contributed by atoms with Crippen molar-refractivity contribution >= 4 is 34.1 Å². The van der Waals surface area contributed by atoms with E-state index in [1.54, 1.807) is 49.6 Å². The number of hydrogen-bond acceptors (Lipinski definition) is 4. The van der Waals surface area contributed by atoms with Gasteiger partial charge in [-0.3, -0.25) is 9.59 Å². The van der Waals surface area contributed by atoms with E-state index in [4.69, 9.17) is 21.1 Å². The topological polar surface area (TPSA) is 80.4 Å². The first-order valence-corrected chi connectivity index (χ1v) is 8.71. The highest BCUT2D eigenvalue weighted by Crippen LogP contribution is 2.31. The minimum Gasteiger partial charge on any atom is -0.493 e. The fraction of sp³-hybridized carbons (Fsp3) is 0.200. The van der Waals surface area contributed by atoms with Crippen molar-refractivity contribution in [1.82, 2.24) is 4.98 Å². The Balaban J connectivity index is 1.76. The van der Waals surface area contributed by atoms with E-state index in [0.717, 1.165) is 5.39 Å². The van der Waals surface area contributed by atoms with Crippen LogP contribution in [-0.4, -0.2) is 25.1 Å². The van der Waals surface area contributed by atoms with Gasteiger partial charge in [-0.1, -0.05) is 11.6 Å². The minimum atomic E-state index is -0.228. The second-order valence-electron chi connectivity index (χ2n) is 5.97. The number of aromatic amines is 1. The fourth-order valence-electron chi connectivity index (χ4n) is 2.77. The fourth-order valence-corrected chi connectivity index (χ4v) is 2.89. The number of anilines is 1. The number of amides is 1. The van der Waals surface area contributed by atoms with E-state index in [2.05, 4.69) is 10.3 Å². The molecule has 0 fully saturated rings. The number of hydrogen-bond donors (Lipinski definition) is 2. The molecule has 3 rings (SSSR count). The normalized spacial score (nSPS) is 10.6. The number of fused-ring (bicyclic) bond motifs is 1. The summed E-state index contributed by atoms with van der Waals surface area (Å²) in [6.45, 7) is 0. The molecule has 1 heterocycles. The standard InChI is InChI=1S/C20H19ClN2O4/c1-26-17-10-13-9-12(20(25)23-16(13)11-18(17)27-2)3-8-19(24)22-15-6-4-14(21)5-7-15/h4-7,9-11H,3,8H2,1-2H3,(H,22,24)(H,23,25). The number of ether oxygens (including phenoxy) is 2. The van der Waals surface area contributed by atoms with Gasteiger partial charge in [-0.25, -0.2) is 0 Å². The van der Waals surface area contributed by atoms with E-state index in [1.165, 1.54) is 7.11 Å². The summed E-state index contributed by atoms with van der Waals surface area (Å²) in [6.07, 6.45) is 0.504. The molecule has 1 amide bonds. The molecule has 3 aromatic rings. The van der Waals surface area contributed by atoms with Crippen LogP contribution in [0.4, 0.5) is 5.69 Å². The van der Waals surface area contributed by atoms with Gasteiger partial charge in [0, 0.05) is 34.1 Å². The Labute approximate surface area is 161 Å². The number of rotatable bonds is 6. The van der Waals surface area contributed by atoms with Gasteiger partial charge >= 0.3 is 0 Å². The third-order valence-corrected chi connectivity index (χ3v) is 4.43. The molecule has 0 aliphatic heterocycles. The lowest BCUT2D eigenvalue weighted by Crippen LogP contribution is -2.17. The zero-order valence-electron chi connectivity index (χ0n) is 15.0. The van der Waals surface area contributed by atoms with Gasteiger partial charge in [-0.2, -0.15) is 0 Å². The van der Waals surface area contributed by atoms with Crippen LogP contribution in [-0.2, 0) is 11.2 Å². The highest BCUT2D eigenvalue weighted by Gasteiger charge is 2.11. The Bertz CT molecular complexity index is 1030. The second-order valence-corrected chi connectivity index (χ2v) is 6.41. The van der Waals surface area contributed by atoms with Crippen LogP contribution in [0, 0.1) is 0 Å². The van der Waals surface area contributed by atoms with Crippen LogP contribution in [0.2, 0.25) is 5.02 Å². The van der Waals surface area contributed by atoms with Crippen LogP contribution < -0.4 is 20.3 Å². The summed E-state index contributed by atoms with van der Waals surface area (Å²) < 4.78 is 10.5. The number of halogens is 1. The summed E-state index contributed by atoms with van der Waals surface area (Å²) in [5.74, 6) is 0.934. The van der Waals surface area contributed by atoms with Gasteiger partial charge in [0.25, 0.3) is 5.56 Å². The third-order valence-electron chi connectivity index (χ3n) is 4.17. The number of methoxy groups -OCH3 is 2. The number of H-pyrrole nitrogens is 1. The molecule has 0 saturated carbocycles. The summed E-state index contributed by atoms with van der Waals surface area (Å²) in [4.78, 5) is 27.3. The molecule has 0 aliphatic rings. The predicted octanol–water partition coefficient (Wildman–Crippen LogP) is 3.77. The first-order valence-electron chi connectivity index (χ1n) is 8.33. The van der Waals surface area contributed by atoms with E-state index >= 15 is 0 Å². The Morgan fingerprint density at radius 2 is 1.74 bits per heavy atom. The number of aryl methyl sites for hydroxylation is 1. The lowest BCUT2D eigenvalue weighted by molar-refractivity contribution is -0.116. The molecule has 2 N–H and O–H groups in total. The van der Waals surface area contributed by atoms with Gasteiger partial charge in [0.05, 0.1) is 19.7 Å². The summed E-state index contributed by atoms with van der Waals surface area (Å²) in [6, 6.07) is 12.1. The predicted molar refractivity (Wildman–Crippen MR) is 106 cm³/mol. The first-order chi connectivity index (χ1) is 13.0. The highest BCUT2D eigenvalue weighted by atomic mass is 35.5. The van der Waals surface area contributed by atoms with Crippen molar-refractivity contribution in [3.63, 3.8) is 0 Å². The molecule has 140 valence electrons. The maximum atomic E-state index is 12.3. The Hall–Kier alpha value is -2.99. The van der Waals surface area contributed by atoms with E-state index < -0.39 is 0 Å². The van der Waals surface area contributed by atoms with Crippen LogP contribution in [0.15, 0.2) is 47.3 Å². The summed E-state index contributed by atoms with van der Waals surface area (Å²) in [5.41, 5.74) is 1.61. The van der Waals surface area contributed by atoms with E-state index in [0.29, 0.717) is 39.7 Å². The number of carbonyl (C=O) groups is 1. The summed E-state index contributed by atoms with van der Waals surface area (Å²) in [7, 11) is 3.09. The number of pyridine rings is 1. The SMILES string of the molecule is COc1cc2cc(CCC(=O)Nc3ccc(Cl)cc3)c(=O)[nH]c2cc1OC. The number of aromatic nitrogens is 1. The van der Waals surface area contributed by atoms with Crippen LogP contribution in [0.1, 0.15) is 12.0 Å². The van der Waals surface area contributed by atoms with Gasteiger partial charge in [0.15, 0.2) is 11.5 Å². The van der Waals surface area contributed by atoms with Crippen molar-refractivity contribution in [2.45, 2.75) is 12.8 Å². The Morgan fingerprint density at radius 3 is 2.41 bits per heavy atom. The minimum absolute atomic E-state index is 0.177. The van der Waals surface area contributed by atoms with Crippen molar-refractivity contribution in [2.75, 3.05) is 19.5 Å². The number of carbonyl (C=O) groups excluding carboxylic acids is 1. The Morgan fingerprint density at radius 1 is 1.07 bits per heavy atom. The molecule has 6 nitrogen and oxygen atoms in total. The van der Waals surface area contributed by atoms with Crippen molar-refractivity contribution in [3.05, 3.63) is 63.4 Å². The van der Waals surface area contributed by atoms with Crippen molar-refractivity contribution < 1.29 is 14.3 Å². The molecule has 0 unspecified atom stereocenters.